The molecule has 26 heavy (non-hydrogen) atoms. The molecule has 5 nitrogen and oxygen atoms in total. The molecule has 1 aliphatic heterocycles. The molecule has 1 fully saturated rings. The molecule has 5 heteroatoms. The van der Waals surface area contributed by atoms with Crippen molar-refractivity contribution >= 4 is 17.5 Å². The van der Waals surface area contributed by atoms with Crippen LogP contribution in [-0.2, 0) is 9.59 Å². The molecule has 0 radical (unpaired) electrons. The number of aryl methyl sites for hydroxylation is 1. The summed E-state index contributed by atoms with van der Waals surface area (Å²) in [5.41, 5.74) is 2.96. The van der Waals surface area contributed by atoms with Gasteiger partial charge in [-0.2, -0.15) is 0 Å². The molecule has 0 saturated carbocycles. The van der Waals surface area contributed by atoms with Crippen LogP contribution in [0.5, 0.6) is 0 Å². The number of anilines is 1. The van der Waals surface area contributed by atoms with Gasteiger partial charge in [-0.15, -0.1) is 0 Å². The molecule has 0 spiro atoms. The van der Waals surface area contributed by atoms with Crippen molar-refractivity contribution in [2.45, 2.75) is 13.0 Å². The van der Waals surface area contributed by atoms with E-state index in [1.807, 2.05) is 80.5 Å². The smallest absolute Gasteiger partial charge is 0.246 e. The van der Waals surface area contributed by atoms with E-state index in [0.717, 1.165) is 16.8 Å². The fourth-order valence-corrected chi connectivity index (χ4v) is 3.42. The normalized spacial score (nSPS) is 16.1. The first-order chi connectivity index (χ1) is 12.5. The summed E-state index contributed by atoms with van der Waals surface area (Å²) in [5, 5.41) is 0. The third-order valence-corrected chi connectivity index (χ3v) is 4.71. The Bertz CT molecular complexity index is 789. The number of amides is 2. The van der Waals surface area contributed by atoms with E-state index in [0.29, 0.717) is 13.1 Å². The summed E-state index contributed by atoms with van der Waals surface area (Å²) >= 11 is 0. The molecule has 1 saturated heterocycles. The van der Waals surface area contributed by atoms with Gasteiger partial charge in [0, 0.05) is 18.8 Å². The Balaban J connectivity index is 1.76. The van der Waals surface area contributed by atoms with Gasteiger partial charge in [-0.1, -0.05) is 48.0 Å². The lowest BCUT2D eigenvalue weighted by Crippen LogP contribution is -2.54. The van der Waals surface area contributed by atoms with E-state index in [4.69, 9.17) is 0 Å². The zero-order chi connectivity index (χ0) is 18.7. The van der Waals surface area contributed by atoms with Crippen molar-refractivity contribution in [3.63, 3.8) is 0 Å². The highest BCUT2D eigenvalue weighted by Gasteiger charge is 2.33. The number of rotatable bonds is 4. The van der Waals surface area contributed by atoms with E-state index in [-0.39, 0.29) is 24.4 Å². The molecule has 2 amide bonds. The summed E-state index contributed by atoms with van der Waals surface area (Å²) < 4.78 is 0. The summed E-state index contributed by atoms with van der Waals surface area (Å²) in [4.78, 5) is 31.1. The lowest BCUT2D eigenvalue weighted by atomic mass is 10.0. The first kappa shape index (κ1) is 18.1. The van der Waals surface area contributed by atoms with Gasteiger partial charge in [0.2, 0.25) is 11.8 Å². The van der Waals surface area contributed by atoms with Crippen LogP contribution in [0.4, 0.5) is 5.69 Å². The lowest BCUT2D eigenvalue weighted by Gasteiger charge is -2.37. The number of carbonyl (C=O) groups excluding carboxylic acids is 2. The van der Waals surface area contributed by atoms with Crippen molar-refractivity contribution in [3.8, 4) is 0 Å². The third-order valence-electron chi connectivity index (χ3n) is 4.71. The second-order valence-electron chi connectivity index (χ2n) is 6.92. The highest BCUT2D eigenvalue weighted by molar-refractivity contribution is 5.98. The molecule has 0 aromatic heterocycles. The van der Waals surface area contributed by atoms with Crippen molar-refractivity contribution in [2.24, 2.45) is 0 Å². The molecule has 2 aromatic carbocycles. The highest BCUT2D eigenvalue weighted by atomic mass is 16.2. The standard InChI is InChI=1S/C21H25N3O2/c1-16-8-7-9-17(14-16)20(22(2)3)21(26)23-12-13-24(19(25)15-23)18-10-5-4-6-11-18/h4-11,14,20H,12-13,15H2,1-3H3/t20-/m0/s1. The van der Waals surface area contributed by atoms with Gasteiger partial charge in [-0.25, -0.2) is 0 Å². The van der Waals surface area contributed by atoms with Gasteiger partial charge >= 0.3 is 0 Å². The van der Waals surface area contributed by atoms with Crippen molar-refractivity contribution in [3.05, 3.63) is 65.7 Å². The van der Waals surface area contributed by atoms with Gasteiger partial charge < -0.3 is 9.80 Å². The Labute approximate surface area is 154 Å². The van der Waals surface area contributed by atoms with Crippen LogP contribution >= 0.6 is 0 Å². The third kappa shape index (κ3) is 3.78. The predicted octanol–water partition coefficient (Wildman–Crippen LogP) is 2.47. The monoisotopic (exact) mass is 351 g/mol. The second-order valence-corrected chi connectivity index (χ2v) is 6.92. The van der Waals surface area contributed by atoms with E-state index >= 15 is 0 Å². The zero-order valence-electron chi connectivity index (χ0n) is 15.6. The number of likely N-dealkylation sites (N-methyl/N-ethyl adjacent to an activating group) is 1. The average molecular weight is 351 g/mol. The number of para-hydroxylation sites is 1. The van der Waals surface area contributed by atoms with Crippen LogP contribution in [0.3, 0.4) is 0 Å². The van der Waals surface area contributed by atoms with Crippen LogP contribution in [0, 0.1) is 6.92 Å². The Kier molecular flexibility index (Phi) is 5.38. The van der Waals surface area contributed by atoms with Crippen molar-refractivity contribution in [1.29, 1.82) is 0 Å². The molecule has 3 rings (SSSR count). The van der Waals surface area contributed by atoms with Crippen molar-refractivity contribution in [1.82, 2.24) is 9.80 Å². The predicted molar refractivity (Wildman–Crippen MR) is 103 cm³/mol. The second kappa shape index (κ2) is 7.70. The maximum Gasteiger partial charge on any atom is 0.246 e. The number of carbonyl (C=O) groups is 2. The van der Waals surface area contributed by atoms with E-state index in [1.165, 1.54) is 0 Å². The summed E-state index contributed by atoms with van der Waals surface area (Å²) in [6, 6.07) is 17.2. The van der Waals surface area contributed by atoms with Crippen LogP contribution < -0.4 is 4.90 Å². The Morgan fingerprint density at radius 3 is 2.38 bits per heavy atom. The Hall–Kier alpha value is -2.66. The Morgan fingerprint density at radius 1 is 1.04 bits per heavy atom. The van der Waals surface area contributed by atoms with Gasteiger partial charge in [0.1, 0.15) is 12.6 Å². The van der Waals surface area contributed by atoms with E-state index in [1.54, 1.807) is 9.80 Å². The van der Waals surface area contributed by atoms with Gasteiger partial charge in [0.25, 0.3) is 0 Å². The summed E-state index contributed by atoms with van der Waals surface area (Å²) in [6.45, 7) is 3.19. The van der Waals surface area contributed by atoms with Gasteiger partial charge in [-0.3, -0.25) is 14.5 Å². The van der Waals surface area contributed by atoms with Crippen LogP contribution in [0.1, 0.15) is 17.2 Å². The van der Waals surface area contributed by atoms with Gasteiger partial charge in [-0.05, 0) is 38.7 Å². The van der Waals surface area contributed by atoms with Gasteiger partial charge in [0.15, 0.2) is 0 Å². The summed E-state index contributed by atoms with van der Waals surface area (Å²) in [5.74, 6) is -0.0702. The van der Waals surface area contributed by atoms with Gasteiger partial charge in [0.05, 0.1) is 0 Å². The summed E-state index contributed by atoms with van der Waals surface area (Å²) in [7, 11) is 3.79. The summed E-state index contributed by atoms with van der Waals surface area (Å²) in [6.07, 6.45) is 0. The molecular weight excluding hydrogens is 326 g/mol. The molecule has 0 unspecified atom stereocenters. The molecule has 1 aliphatic rings. The molecule has 2 aromatic rings. The number of nitrogens with zero attached hydrogens (tertiary/aromatic N) is 3. The minimum atomic E-state index is -0.383. The maximum absolute atomic E-state index is 13.2. The molecule has 1 atom stereocenters. The molecule has 0 aliphatic carbocycles. The number of piperazine rings is 1. The van der Waals surface area contributed by atoms with E-state index in [9.17, 15) is 9.59 Å². The molecular formula is C21H25N3O2. The maximum atomic E-state index is 13.2. The Morgan fingerprint density at radius 2 is 1.77 bits per heavy atom. The SMILES string of the molecule is Cc1cccc([C@@H](C(=O)N2CCN(c3ccccc3)C(=O)C2)N(C)C)c1. The lowest BCUT2D eigenvalue weighted by molar-refractivity contribution is -0.141. The minimum Gasteiger partial charge on any atom is -0.330 e. The number of hydrogen-bond donors (Lipinski definition) is 0. The van der Waals surface area contributed by atoms with Crippen LogP contribution in [0.25, 0.3) is 0 Å². The van der Waals surface area contributed by atoms with Crippen LogP contribution in [-0.4, -0.2) is 55.3 Å². The first-order valence-corrected chi connectivity index (χ1v) is 8.84. The van der Waals surface area contributed by atoms with E-state index in [2.05, 4.69) is 0 Å². The molecule has 0 bridgehead atoms. The average Bonchev–Trinajstić information content (AvgIpc) is 2.62. The largest absolute Gasteiger partial charge is 0.330 e. The zero-order valence-corrected chi connectivity index (χ0v) is 15.6. The highest BCUT2D eigenvalue weighted by Crippen LogP contribution is 2.24. The van der Waals surface area contributed by atoms with Crippen LogP contribution in [0.15, 0.2) is 54.6 Å². The molecule has 1 heterocycles. The molecule has 0 N–H and O–H groups in total. The topological polar surface area (TPSA) is 43.9 Å². The number of hydrogen-bond acceptors (Lipinski definition) is 3. The van der Waals surface area contributed by atoms with Crippen molar-refractivity contribution < 1.29 is 9.59 Å². The minimum absolute atomic E-state index is 0.0262. The number of benzene rings is 2. The first-order valence-electron chi connectivity index (χ1n) is 8.84. The fraction of sp³-hybridized carbons (Fsp3) is 0.333. The van der Waals surface area contributed by atoms with E-state index < -0.39 is 0 Å². The molecule has 136 valence electrons. The quantitative estimate of drug-likeness (QED) is 0.850. The van der Waals surface area contributed by atoms with Crippen molar-refractivity contribution in [2.75, 3.05) is 38.6 Å². The fourth-order valence-electron chi connectivity index (χ4n) is 3.42. The van der Waals surface area contributed by atoms with Crippen LogP contribution in [0.2, 0.25) is 0 Å².